The zero-order chi connectivity index (χ0) is 20.9. The predicted molar refractivity (Wildman–Crippen MR) is 110 cm³/mol. The molecule has 1 aliphatic carbocycles. The van der Waals surface area contributed by atoms with E-state index in [2.05, 4.69) is 17.1 Å². The molecular formula is C25H16F3NO. The van der Waals surface area contributed by atoms with E-state index in [0.29, 0.717) is 17.7 Å². The van der Waals surface area contributed by atoms with Crippen LogP contribution in [0.2, 0.25) is 0 Å². The molecule has 0 amide bonds. The van der Waals surface area contributed by atoms with E-state index >= 15 is 0 Å². The van der Waals surface area contributed by atoms with Crippen molar-refractivity contribution in [1.82, 2.24) is 0 Å². The van der Waals surface area contributed by atoms with Crippen LogP contribution in [-0.4, -0.2) is 11.5 Å². The smallest absolute Gasteiger partial charge is 0.294 e. The Hall–Kier alpha value is -3.47. The third-order valence-electron chi connectivity index (χ3n) is 5.63. The molecule has 2 nitrogen and oxygen atoms in total. The molecule has 3 aromatic rings. The van der Waals surface area contributed by atoms with Crippen molar-refractivity contribution in [1.29, 1.82) is 0 Å². The number of carbonyl (C=O) groups excluding carboxylic acids is 1. The summed E-state index contributed by atoms with van der Waals surface area (Å²) in [4.78, 5) is 16.5. The van der Waals surface area contributed by atoms with Crippen LogP contribution < -0.4 is 0 Å². The molecule has 0 N–H and O–H groups in total. The van der Waals surface area contributed by atoms with Crippen molar-refractivity contribution >= 4 is 11.5 Å². The number of benzene rings is 3. The van der Waals surface area contributed by atoms with Gasteiger partial charge in [0.05, 0.1) is 17.7 Å². The Morgan fingerprint density at radius 3 is 2.27 bits per heavy atom. The van der Waals surface area contributed by atoms with Crippen LogP contribution in [0.1, 0.15) is 28.7 Å². The van der Waals surface area contributed by atoms with Gasteiger partial charge < -0.3 is 0 Å². The second-order valence-corrected chi connectivity index (χ2v) is 7.46. The first kappa shape index (κ1) is 18.6. The van der Waals surface area contributed by atoms with Crippen LogP contribution in [0.4, 0.5) is 13.2 Å². The zero-order valence-corrected chi connectivity index (χ0v) is 15.8. The number of allylic oxidation sites excluding steroid dienone is 1. The van der Waals surface area contributed by atoms with Crippen LogP contribution in [0.15, 0.2) is 77.9 Å². The molecule has 0 atom stereocenters. The van der Waals surface area contributed by atoms with Crippen molar-refractivity contribution < 1.29 is 18.0 Å². The molecule has 0 aromatic heterocycles. The lowest BCUT2D eigenvalue weighted by molar-refractivity contribution is -0.137. The molecular weight excluding hydrogens is 387 g/mol. The number of fused-ring (bicyclic) bond motifs is 3. The first-order valence-electron chi connectivity index (χ1n) is 9.60. The van der Waals surface area contributed by atoms with E-state index in [9.17, 15) is 18.0 Å². The number of hydrogen-bond donors (Lipinski definition) is 0. The molecule has 1 heterocycles. The van der Waals surface area contributed by atoms with Crippen LogP contribution in [0.5, 0.6) is 0 Å². The van der Waals surface area contributed by atoms with Crippen LogP contribution in [-0.2, 0) is 17.4 Å². The van der Waals surface area contributed by atoms with Gasteiger partial charge in [-0.15, -0.1) is 0 Å². The second kappa shape index (κ2) is 6.80. The van der Waals surface area contributed by atoms with Crippen LogP contribution in [0, 0.1) is 0 Å². The van der Waals surface area contributed by atoms with Gasteiger partial charge in [-0.05, 0) is 58.0 Å². The number of aliphatic imine (C=N–C) groups is 1. The van der Waals surface area contributed by atoms with Gasteiger partial charge in [-0.25, -0.2) is 0 Å². The van der Waals surface area contributed by atoms with E-state index in [1.54, 1.807) is 0 Å². The lowest BCUT2D eigenvalue weighted by Crippen LogP contribution is -2.14. The topological polar surface area (TPSA) is 29.4 Å². The molecule has 3 aromatic carbocycles. The van der Waals surface area contributed by atoms with Crippen molar-refractivity contribution in [3.8, 4) is 22.3 Å². The Bertz CT molecular complexity index is 1230. The van der Waals surface area contributed by atoms with E-state index < -0.39 is 11.7 Å². The number of carbonyl (C=O) groups is 1. The first-order valence-corrected chi connectivity index (χ1v) is 9.60. The van der Waals surface area contributed by atoms with Gasteiger partial charge in [-0.1, -0.05) is 48.5 Å². The molecule has 2 aliphatic rings. The summed E-state index contributed by atoms with van der Waals surface area (Å²) in [5.41, 5.74) is 6.76. The number of rotatable bonds is 2. The van der Waals surface area contributed by atoms with Gasteiger partial charge in [-0.2, -0.15) is 13.2 Å². The van der Waals surface area contributed by atoms with Crippen molar-refractivity contribution in [2.45, 2.75) is 19.0 Å². The van der Waals surface area contributed by atoms with E-state index in [-0.39, 0.29) is 12.2 Å². The Morgan fingerprint density at radius 1 is 0.800 bits per heavy atom. The molecule has 148 valence electrons. The highest BCUT2D eigenvalue weighted by Crippen LogP contribution is 2.43. The van der Waals surface area contributed by atoms with Crippen LogP contribution in [0.3, 0.4) is 0 Å². The third-order valence-corrected chi connectivity index (χ3v) is 5.63. The van der Waals surface area contributed by atoms with Gasteiger partial charge in [0.1, 0.15) is 0 Å². The molecule has 0 unspecified atom stereocenters. The summed E-state index contributed by atoms with van der Waals surface area (Å²) in [7, 11) is 0. The summed E-state index contributed by atoms with van der Waals surface area (Å²) in [5.74, 6) is -0.0357. The molecule has 5 rings (SSSR count). The Kier molecular flexibility index (Phi) is 4.21. The average molecular weight is 403 g/mol. The van der Waals surface area contributed by atoms with Crippen LogP contribution >= 0.6 is 0 Å². The number of hydrogen-bond acceptors (Lipinski definition) is 2. The standard InChI is InChI=1S/C25H16F3NO/c26-25(27,28)17-7-5-15(6-8-17)20-9-10-21-19-4-2-1-3-16(19)13-22(21)24(20)23-14-18(30)11-12-29-23/h1-12H,13-14H2. The maximum absolute atomic E-state index is 13.0. The summed E-state index contributed by atoms with van der Waals surface area (Å²) in [6.45, 7) is 0. The van der Waals surface area contributed by atoms with Gasteiger partial charge in [0.15, 0.2) is 5.78 Å². The normalized spacial score (nSPS) is 15.0. The fourth-order valence-corrected chi connectivity index (χ4v) is 4.25. The molecule has 0 spiro atoms. The minimum absolute atomic E-state index is 0.0357. The molecule has 30 heavy (non-hydrogen) atoms. The summed E-state index contributed by atoms with van der Waals surface area (Å²) in [6.07, 6.45) is -0.562. The summed E-state index contributed by atoms with van der Waals surface area (Å²) in [5, 5.41) is 0. The molecule has 0 fully saturated rings. The first-order chi connectivity index (χ1) is 14.4. The largest absolute Gasteiger partial charge is 0.416 e. The van der Waals surface area contributed by atoms with Crippen molar-refractivity contribution in [2.24, 2.45) is 4.99 Å². The highest BCUT2D eigenvalue weighted by atomic mass is 19.4. The minimum atomic E-state index is -4.38. The second-order valence-electron chi connectivity index (χ2n) is 7.46. The maximum atomic E-state index is 13.0. The number of halogens is 3. The van der Waals surface area contributed by atoms with Crippen molar-refractivity contribution in [3.05, 3.63) is 95.2 Å². The summed E-state index contributed by atoms with van der Waals surface area (Å²) < 4.78 is 39.0. The summed E-state index contributed by atoms with van der Waals surface area (Å²) >= 11 is 0. The van der Waals surface area contributed by atoms with Gasteiger partial charge in [-0.3, -0.25) is 9.79 Å². The fraction of sp³-hybridized carbons (Fsp3) is 0.120. The molecule has 0 radical (unpaired) electrons. The van der Waals surface area contributed by atoms with Gasteiger partial charge in [0.25, 0.3) is 0 Å². The lowest BCUT2D eigenvalue weighted by atomic mass is 9.87. The monoisotopic (exact) mass is 403 g/mol. The number of alkyl halides is 3. The minimum Gasteiger partial charge on any atom is -0.294 e. The quantitative estimate of drug-likeness (QED) is 0.391. The van der Waals surface area contributed by atoms with Crippen molar-refractivity contribution in [2.75, 3.05) is 0 Å². The lowest BCUT2D eigenvalue weighted by Gasteiger charge is -2.18. The molecule has 0 bridgehead atoms. The molecule has 0 saturated carbocycles. The number of nitrogens with zero attached hydrogens (tertiary/aromatic N) is 1. The Morgan fingerprint density at radius 2 is 1.53 bits per heavy atom. The molecule has 1 aliphatic heterocycles. The Labute approximate surface area is 171 Å². The SMILES string of the molecule is O=C1C=CN=C(c2c(-c3ccc(C(F)(F)F)cc3)ccc3c2Cc2ccccc2-3)C1. The molecule has 5 heteroatoms. The van der Waals surface area contributed by atoms with Crippen LogP contribution in [0.25, 0.3) is 22.3 Å². The third kappa shape index (κ3) is 3.07. The highest BCUT2D eigenvalue weighted by molar-refractivity contribution is 6.19. The van der Waals surface area contributed by atoms with Crippen molar-refractivity contribution in [3.63, 3.8) is 0 Å². The molecule has 0 saturated heterocycles. The van der Waals surface area contributed by atoms with Gasteiger partial charge >= 0.3 is 6.18 Å². The van der Waals surface area contributed by atoms with E-state index in [1.807, 2.05) is 24.3 Å². The fourth-order valence-electron chi connectivity index (χ4n) is 4.25. The zero-order valence-electron chi connectivity index (χ0n) is 15.8. The van der Waals surface area contributed by atoms with Gasteiger partial charge in [0.2, 0.25) is 0 Å². The average Bonchev–Trinajstić information content (AvgIpc) is 3.11. The van der Waals surface area contributed by atoms with E-state index in [4.69, 9.17) is 0 Å². The highest BCUT2D eigenvalue weighted by Gasteiger charge is 2.31. The van der Waals surface area contributed by atoms with Gasteiger partial charge in [0, 0.05) is 11.8 Å². The Balaban J connectivity index is 1.71. The van der Waals surface area contributed by atoms with E-state index in [0.717, 1.165) is 39.9 Å². The maximum Gasteiger partial charge on any atom is 0.416 e. The van der Waals surface area contributed by atoms with E-state index in [1.165, 1.54) is 30.0 Å². The summed E-state index contributed by atoms with van der Waals surface area (Å²) in [6, 6.07) is 17.2. The predicted octanol–water partition coefficient (Wildman–Crippen LogP) is 6.22. The number of ketones is 1.